The summed E-state index contributed by atoms with van der Waals surface area (Å²) in [5.74, 6) is 0.936. The lowest BCUT2D eigenvalue weighted by Crippen LogP contribution is -2.56. The number of carbonyl (C=O) groups excluding carboxylic acids is 1. The first-order chi connectivity index (χ1) is 12.0. The maximum Gasteiger partial charge on any atom is 0.411 e. The van der Waals surface area contributed by atoms with E-state index in [4.69, 9.17) is 9.47 Å². The van der Waals surface area contributed by atoms with Crippen LogP contribution < -0.4 is 5.32 Å². The van der Waals surface area contributed by atoms with Gasteiger partial charge in [0.2, 0.25) is 0 Å². The average Bonchev–Trinajstić information content (AvgIpc) is 2.59. The van der Waals surface area contributed by atoms with Crippen molar-refractivity contribution in [1.82, 2.24) is 0 Å². The molecule has 1 aliphatic carbocycles. The van der Waals surface area contributed by atoms with Crippen LogP contribution in [0.5, 0.6) is 0 Å². The van der Waals surface area contributed by atoms with Crippen LogP contribution in [0.1, 0.15) is 20.8 Å². The molecule has 1 N–H and O–H groups in total. The zero-order valence-corrected chi connectivity index (χ0v) is 15.2. The Labute approximate surface area is 149 Å². The molecule has 0 unspecified atom stereocenters. The van der Waals surface area contributed by atoms with E-state index in [1.54, 1.807) is 0 Å². The van der Waals surface area contributed by atoms with Crippen LogP contribution in [0, 0.1) is 23.2 Å². The molecular formula is C21H27NO3. The van der Waals surface area contributed by atoms with Crippen LogP contribution in [0.15, 0.2) is 54.6 Å². The Morgan fingerprint density at radius 3 is 2.80 bits per heavy atom. The summed E-state index contributed by atoms with van der Waals surface area (Å²) in [6, 6.07) is 9.34. The van der Waals surface area contributed by atoms with E-state index in [9.17, 15) is 4.79 Å². The largest absolute Gasteiger partial charge is 0.449 e. The molecule has 1 aromatic carbocycles. The lowest BCUT2D eigenvalue weighted by atomic mass is 9.56. The van der Waals surface area contributed by atoms with E-state index in [1.165, 1.54) is 5.57 Å². The smallest absolute Gasteiger partial charge is 0.411 e. The van der Waals surface area contributed by atoms with Crippen molar-refractivity contribution in [3.8, 4) is 0 Å². The Morgan fingerprint density at radius 1 is 1.40 bits per heavy atom. The van der Waals surface area contributed by atoms with Gasteiger partial charge < -0.3 is 9.47 Å². The third-order valence-electron chi connectivity index (χ3n) is 6.01. The summed E-state index contributed by atoms with van der Waals surface area (Å²) >= 11 is 0. The fourth-order valence-corrected chi connectivity index (χ4v) is 4.39. The van der Waals surface area contributed by atoms with Gasteiger partial charge in [-0.2, -0.15) is 0 Å². The Kier molecular flexibility index (Phi) is 5.00. The minimum absolute atomic E-state index is 0.0324. The molecule has 4 nitrogen and oxygen atoms in total. The van der Waals surface area contributed by atoms with E-state index in [2.05, 4.69) is 38.7 Å². The maximum atomic E-state index is 12.2. The van der Waals surface area contributed by atoms with Gasteiger partial charge >= 0.3 is 6.09 Å². The standard InChI is InChI=1S/C21H27NO3/c1-5-18-19-14(2)11-15(3)21(12-24-18,16(19)4)13-25-20(23)22-17-9-7-6-8-10-17/h5-11,15-16,18-19H,1,12-13H2,2-4H3,(H,22,23)/t15-,16+,18-,19-,21+/m0/s1. The van der Waals surface area contributed by atoms with Gasteiger partial charge in [0.05, 0.1) is 12.7 Å². The molecule has 4 heteroatoms. The van der Waals surface area contributed by atoms with E-state index < -0.39 is 6.09 Å². The highest BCUT2D eigenvalue weighted by atomic mass is 16.6. The second-order valence-electron chi connectivity index (χ2n) is 7.33. The predicted molar refractivity (Wildman–Crippen MR) is 99.4 cm³/mol. The van der Waals surface area contributed by atoms with Crippen LogP contribution in [0.3, 0.4) is 0 Å². The quantitative estimate of drug-likeness (QED) is 0.811. The molecule has 25 heavy (non-hydrogen) atoms. The minimum atomic E-state index is -0.423. The first-order valence-corrected chi connectivity index (χ1v) is 8.89. The Bertz CT molecular complexity index is 669. The monoisotopic (exact) mass is 341 g/mol. The van der Waals surface area contributed by atoms with Crippen molar-refractivity contribution < 1.29 is 14.3 Å². The second-order valence-corrected chi connectivity index (χ2v) is 7.33. The molecule has 0 saturated carbocycles. The van der Waals surface area contributed by atoms with Crippen LogP contribution >= 0.6 is 0 Å². The molecule has 1 aromatic rings. The highest BCUT2D eigenvalue weighted by Gasteiger charge is 2.53. The lowest BCUT2D eigenvalue weighted by Gasteiger charge is -2.54. The van der Waals surface area contributed by atoms with Gasteiger partial charge in [0.1, 0.15) is 6.61 Å². The molecule has 0 spiro atoms. The van der Waals surface area contributed by atoms with Crippen LogP contribution in [0.25, 0.3) is 0 Å². The molecule has 1 fully saturated rings. The number of carbonyl (C=O) groups is 1. The molecule has 3 rings (SSSR count). The summed E-state index contributed by atoms with van der Waals surface area (Å²) < 4.78 is 11.7. The van der Waals surface area contributed by atoms with Crippen molar-refractivity contribution in [2.24, 2.45) is 23.2 Å². The summed E-state index contributed by atoms with van der Waals surface area (Å²) in [5, 5.41) is 2.78. The third-order valence-corrected chi connectivity index (χ3v) is 6.01. The number of amides is 1. The molecule has 1 amide bonds. The van der Waals surface area contributed by atoms with E-state index in [1.807, 2.05) is 36.4 Å². The van der Waals surface area contributed by atoms with Crippen LogP contribution in [-0.2, 0) is 9.47 Å². The summed E-state index contributed by atoms with van der Waals surface area (Å²) in [5.41, 5.74) is 1.88. The first kappa shape index (κ1) is 17.7. The number of benzene rings is 1. The summed E-state index contributed by atoms with van der Waals surface area (Å²) in [7, 11) is 0. The normalized spacial score (nSPS) is 34.0. The number of rotatable bonds is 4. The molecule has 2 aliphatic rings. The molecular weight excluding hydrogens is 314 g/mol. The van der Waals surface area contributed by atoms with Crippen molar-refractivity contribution in [1.29, 1.82) is 0 Å². The van der Waals surface area contributed by atoms with Gasteiger partial charge in [-0.3, -0.25) is 5.32 Å². The highest BCUT2D eigenvalue weighted by Crippen LogP contribution is 2.52. The number of ether oxygens (including phenoxy) is 2. The molecule has 1 heterocycles. The summed E-state index contributed by atoms with van der Waals surface area (Å²) in [4.78, 5) is 12.2. The molecule has 0 aromatic heterocycles. The van der Waals surface area contributed by atoms with E-state index in [0.717, 1.165) is 5.69 Å². The van der Waals surface area contributed by atoms with Gasteiger partial charge in [-0.1, -0.05) is 49.8 Å². The lowest BCUT2D eigenvalue weighted by molar-refractivity contribution is -0.148. The van der Waals surface area contributed by atoms with Gasteiger partial charge in [-0.25, -0.2) is 4.79 Å². The first-order valence-electron chi connectivity index (χ1n) is 8.89. The van der Waals surface area contributed by atoms with Crippen molar-refractivity contribution in [3.63, 3.8) is 0 Å². The number of nitrogens with one attached hydrogen (secondary N) is 1. The van der Waals surface area contributed by atoms with E-state index in [-0.39, 0.29) is 17.4 Å². The van der Waals surface area contributed by atoms with Gasteiger partial charge in [0, 0.05) is 17.0 Å². The number of para-hydroxylation sites is 1. The van der Waals surface area contributed by atoms with Crippen LogP contribution in [-0.4, -0.2) is 25.4 Å². The Balaban J connectivity index is 1.72. The van der Waals surface area contributed by atoms with E-state index >= 15 is 0 Å². The molecule has 5 atom stereocenters. The van der Waals surface area contributed by atoms with Crippen molar-refractivity contribution >= 4 is 11.8 Å². The van der Waals surface area contributed by atoms with Crippen LogP contribution in [0.4, 0.5) is 10.5 Å². The molecule has 1 aliphatic heterocycles. The Morgan fingerprint density at radius 2 is 2.12 bits per heavy atom. The van der Waals surface area contributed by atoms with Gasteiger partial charge in [0.15, 0.2) is 0 Å². The fourth-order valence-electron chi connectivity index (χ4n) is 4.39. The fraction of sp³-hybridized carbons (Fsp3) is 0.476. The van der Waals surface area contributed by atoms with Gasteiger partial charge in [0.25, 0.3) is 0 Å². The van der Waals surface area contributed by atoms with Crippen molar-refractivity contribution in [3.05, 3.63) is 54.6 Å². The zero-order valence-electron chi connectivity index (χ0n) is 15.2. The summed E-state index contributed by atoms with van der Waals surface area (Å²) in [6.45, 7) is 11.4. The van der Waals surface area contributed by atoms with Crippen LogP contribution in [0.2, 0.25) is 0 Å². The topological polar surface area (TPSA) is 47.6 Å². The van der Waals surface area contributed by atoms with E-state index in [0.29, 0.717) is 25.0 Å². The third kappa shape index (κ3) is 3.23. The number of hydrogen-bond acceptors (Lipinski definition) is 3. The molecule has 134 valence electrons. The van der Waals surface area contributed by atoms with Crippen molar-refractivity contribution in [2.75, 3.05) is 18.5 Å². The summed E-state index contributed by atoms with van der Waals surface area (Å²) in [6.07, 6.45) is 3.81. The average molecular weight is 341 g/mol. The highest BCUT2D eigenvalue weighted by molar-refractivity contribution is 5.84. The number of fused-ring (bicyclic) bond motifs is 2. The van der Waals surface area contributed by atoms with Gasteiger partial charge in [-0.15, -0.1) is 6.58 Å². The number of hydrogen-bond donors (Lipinski definition) is 1. The number of allylic oxidation sites excluding steroid dienone is 1. The van der Waals surface area contributed by atoms with Gasteiger partial charge in [-0.05, 0) is 30.9 Å². The zero-order chi connectivity index (χ0) is 18.0. The minimum Gasteiger partial charge on any atom is -0.449 e. The SMILES string of the molecule is C=C[C@@H]1OC[C@]2(COC(=O)Nc3ccccc3)[C@H](C)[C@@H]1C(C)=C[C@@H]2C. The Hall–Kier alpha value is -2.07. The molecule has 0 radical (unpaired) electrons. The second kappa shape index (κ2) is 7.04. The number of anilines is 1. The molecule has 1 saturated heterocycles. The maximum absolute atomic E-state index is 12.2. The predicted octanol–water partition coefficient (Wildman–Crippen LogP) is 4.65. The molecule has 2 bridgehead atoms. The van der Waals surface area contributed by atoms with Crippen molar-refractivity contribution in [2.45, 2.75) is 26.9 Å².